The molecule has 1 N–H and O–H groups in total. The quantitative estimate of drug-likeness (QED) is 0.223. The summed E-state index contributed by atoms with van der Waals surface area (Å²) in [6.07, 6.45) is -0.0165. The fourth-order valence-corrected chi connectivity index (χ4v) is 8.55. The molecule has 2 aliphatic rings. The first kappa shape index (κ1) is 21.7. The summed E-state index contributed by atoms with van der Waals surface area (Å²) in [6.45, 7) is 0. The molecule has 0 aliphatic carbocycles. The second-order valence-electron chi connectivity index (χ2n) is 11.0. The van der Waals surface area contributed by atoms with Crippen LogP contribution in [0.5, 0.6) is 0 Å². The smallest absolute Gasteiger partial charge is 0.133 e. The molecule has 6 aromatic carbocycles. The highest BCUT2D eigenvalue weighted by Crippen LogP contribution is 2.59. The molecule has 0 saturated carbocycles. The van der Waals surface area contributed by atoms with Gasteiger partial charge in [0.1, 0.15) is 6.17 Å². The van der Waals surface area contributed by atoms with Crippen molar-refractivity contribution >= 4 is 70.4 Å². The summed E-state index contributed by atoms with van der Waals surface area (Å²) in [7, 11) is 0. The van der Waals surface area contributed by atoms with Crippen LogP contribution in [-0.2, 0) is 0 Å². The lowest BCUT2D eigenvalue weighted by molar-refractivity contribution is 0.823. The van der Waals surface area contributed by atoms with Crippen molar-refractivity contribution in [2.75, 3.05) is 10.2 Å². The summed E-state index contributed by atoms with van der Waals surface area (Å²) in [5.74, 6) is 0. The van der Waals surface area contributed by atoms with E-state index >= 15 is 0 Å². The zero-order valence-corrected chi connectivity index (χ0v) is 22.8. The highest BCUT2D eigenvalue weighted by molar-refractivity contribution is 7.26. The molecule has 3 nitrogen and oxygen atoms in total. The average Bonchev–Trinajstić information content (AvgIpc) is 3.71. The van der Waals surface area contributed by atoms with Gasteiger partial charge in [0.25, 0.3) is 0 Å². The SMILES string of the molecule is c1ccc(-n2c3ccccc3c3ccc4c(c32)C2Nc3ccccc3N2c2ccc3c(sc5ccccc53)c2-4)cc1. The molecule has 8 aromatic rings. The van der Waals surface area contributed by atoms with Crippen molar-refractivity contribution in [2.24, 2.45) is 0 Å². The molecule has 10 rings (SSSR count). The number of para-hydroxylation sites is 4. The Morgan fingerprint density at radius 2 is 1.34 bits per heavy atom. The Labute approximate surface area is 240 Å². The van der Waals surface area contributed by atoms with Gasteiger partial charge >= 0.3 is 0 Å². The number of thiophene rings is 1. The van der Waals surface area contributed by atoms with Crippen LogP contribution in [0, 0.1) is 0 Å². The average molecular weight is 542 g/mol. The van der Waals surface area contributed by atoms with E-state index in [2.05, 4.69) is 142 Å². The van der Waals surface area contributed by atoms with Gasteiger partial charge in [0.15, 0.2) is 0 Å². The highest BCUT2D eigenvalue weighted by atomic mass is 32.1. The van der Waals surface area contributed by atoms with E-state index in [-0.39, 0.29) is 6.17 Å². The molecule has 41 heavy (non-hydrogen) atoms. The van der Waals surface area contributed by atoms with E-state index < -0.39 is 0 Å². The number of fused-ring (bicyclic) bond motifs is 16. The van der Waals surface area contributed by atoms with E-state index in [1.54, 1.807) is 0 Å². The topological polar surface area (TPSA) is 20.2 Å². The second-order valence-corrected chi connectivity index (χ2v) is 12.0. The Kier molecular flexibility index (Phi) is 4.12. The molecule has 4 heteroatoms. The Balaban J connectivity index is 1.42. The first-order chi connectivity index (χ1) is 20.4. The summed E-state index contributed by atoms with van der Waals surface area (Å²) in [5.41, 5.74) is 11.3. The molecular formula is C37H23N3S. The summed E-state index contributed by atoms with van der Waals surface area (Å²) < 4.78 is 5.16. The fraction of sp³-hybridized carbons (Fsp3) is 0.0270. The highest BCUT2D eigenvalue weighted by Gasteiger charge is 2.41. The Bertz CT molecular complexity index is 2360. The van der Waals surface area contributed by atoms with Gasteiger partial charge in [0.2, 0.25) is 0 Å². The van der Waals surface area contributed by atoms with Crippen molar-refractivity contribution in [3.63, 3.8) is 0 Å². The third-order valence-corrected chi connectivity index (χ3v) is 10.1. The van der Waals surface area contributed by atoms with Crippen LogP contribution in [0.15, 0.2) is 127 Å². The summed E-state index contributed by atoms with van der Waals surface area (Å²) in [4.78, 5) is 2.53. The number of nitrogens with one attached hydrogen (secondary N) is 1. The molecular weight excluding hydrogens is 518 g/mol. The first-order valence-corrected chi connectivity index (χ1v) is 14.9. The van der Waals surface area contributed by atoms with Crippen molar-refractivity contribution in [1.82, 2.24) is 4.57 Å². The van der Waals surface area contributed by atoms with Gasteiger partial charge in [-0.3, -0.25) is 0 Å². The molecule has 0 spiro atoms. The zero-order valence-electron chi connectivity index (χ0n) is 22.0. The monoisotopic (exact) mass is 541 g/mol. The molecule has 192 valence electrons. The number of aromatic nitrogens is 1. The van der Waals surface area contributed by atoms with Crippen molar-refractivity contribution in [2.45, 2.75) is 6.17 Å². The number of hydrogen-bond acceptors (Lipinski definition) is 3. The minimum atomic E-state index is -0.0165. The van der Waals surface area contributed by atoms with Gasteiger partial charge in [-0.05, 0) is 48.0 Å². The Hall–Kier alpha value is -5.06. The molecule has 2 aromatic heterocycles. The van der Waals surface area contributed by atoms with Gasteiger partial charge in [-0.2, -0.15) is 0 Å². The minimum absolute atomic E-state index is 0.0165. The van der Waals surface area contributed by atoms with E-state index in [0.717, 1.165) is 0 Å². The Morgan fingerprint density at radius 3 is 2.27 bits per heavy atom. The van der Waals surface area contributed by atoms with E-state index in [4.69, 9.17) is 0 Å². The molecule has 0 radical (unpaired) electrons. The summed E-state index contributed by atoms with van der Waals surface area (Å²) in [5, 5.41) is 9.17. The van der Waals surface area contributed by atoms with Gasteiger partial charge in [-0.25, -0.2) is 0 Å². The maximum atomic E-state index is 3.94. The van der Waals surface area contributed by atoms with Crippen LogP contribution in [-0.4, -0.2) is 4.57 Å². The van der Waals surface area contributed by atoms with E-state index in [1.165, 1.54) is 81.4 Å². The number of hydrogen-bond donors (Lipinski definition) is 1. The molecule has 1 unspecified atom stereocenters. The zero-order chi connectivity index (χ0) is 26.7. The van der Waals surface area contributed by atoms with Gasteiger partial charge in [0, 0.05) is 47.8 Å². The third kappa shape index (κ3) is 2.73. The van der Waals surface area contributed by atoms with Crippen LogP contribution in [0.4, 0.5) is 17.1 Å². The van der Waals surface area contributed by atoms with E-state index in [9.17, 15) is 0 Å². The van der Waals surface area contributed by atoms with Crippen LogP contribution in [0.25, 0.3) is 58.8 Å². The molecule has 0 bridgehead atoms. The van der Waals surface area contributed by atoms with E-state index in [1.807, 2.05) is 11.3 Å². The number of benzene rings is 6. The fourth-order valence-electron chi connectivity index (χ4n) is 7.29. The Morgan fingerprint density at radius 1 is 0.585 bits per heavy atom. The molecule has 4 heterocycles. The summed E-state index contributed by atoms with van der Waals surface area (Å²) in [6, 6.07) is 46.6. The lowest BCUT2D eigenvalue weighted by atomic mass is 9.88. The van der Waals surface area contributed by atoms with Crippen LogP contribution in [0.2, 0.25) is 0 Å². The normalized spacial score (nSPS) is 15.2. The third-order valence-electron chi connectivity index (χ3n) is 8.93. The van der Waals surface area contributed by atoms with Crippen molar-refractivity contribution < 1.29 is 0 Å². The van der Waals surface area contributed by atoms with Crippen LogP contribution in [0.3, 0.4) is 0 Å². The molecule has 0 amide bonds. The van der Waals surface area contributed by atoms with Crippen LogP contribution >= 0.6 is 11.3 Å². The lowest BCUT2D eigenvalue weighted by Gasteiger charge is -2.36. The summed E-state index contributed by atoms with van der Waals surface area (Å²) >= 11 is 1.91. The lowest BCUT2D eigenvalue weighted by Crippen LogP contribution is -2.28. The van der Waals surface area contributed by atoms with Gasteiger partial charge in [-0.1, -0.05) is 84.9 Å². The van der Waals surface area contributed by atoms with Gasteiger partial charge in [-0.15, -0.1) is 11.3 Å². The largest absolute Gasteiger partial charge is 0.359 e. The number of rotatable bonds is 1. The molecule has 0 fully saturated rings. The maximum Gasteiger partial charge on any atom is 0.133 e. The molecule has 2 aliphatic heterocycles. The predicted octanol–water partition coefficient (Wildman–Crippen LogP) is 10.4. The maximum absolute atomic E-state index is 3.94. The van der Waals surface area contributed by atoms with Gasteiger partial charge in [0.05, 0.1) is 28.1 Å². The van der Waals surface area contributed by atoms with Crippen LogP contribution < -0.4 is 10.2 Å². The second kappa shape index (κ2) is 7.78. The number of nitrogens with zero attached hydrogens (tertiary/aromatic N) is 2. The van der Waals surface area contributed by atoms with Crippen molar-refractivity contribution in [3.8, 4) is 16.8 Å². The number of anilines is 3. The standard InChI is InChI=1S/C37H23N3S/c1-2-10-22(11-3-1)39-29-15-7-4-12-23(29)25-18-19-27-33-31(21-20-26-24-13-5-9-17-32(24)41-36(26)33)40-30-16-8-6-14-28(30)38-37(40)34(27)35(25)39/h1-21,37-38H. The van der Waals surface area contributed by atoms with Crippen LogP contribution in [0.1, 0.15) is 11.7 Å². The van der Waals surface area contributed by atoms with E-state index in [0.29, 0.717) is 0 Å². The van der Waals surface area contributed by atoms with Gasteiger partial charge < -0.3 is 14.8 Å². The molecule has 1 atom stereocenters. The first-order valence-electron chi connectivity index (χ1n) is 14.1. The molecule has 0 saturated heterocycles. The minimum Gasteiger partial charge on any atom is -0.359 e. The van der Waals surface area contributed by atoms with Crippen molar-refractivity contribution in [3.05, 3.63) is 133 Å². The predicted molar refractivity (Wildman–Crippen MR) is 174 cm³/mol. The van der Waals surface area contributed by atoms with Crippen molar-refractivity contribution in [1.29, 1.82) is 0 Å².